The molecule has 76 valence electrons. The Bertz CT molecular complexity index is 516. The van der Waals surface area contributed by atoms with Crippen molar-refractivity contribution in [2.45, 2.75) is 6.92 Å². The van der Waals surface area contributed by atoms with Crippen molar-refractivity contribution in [3.05, 3.63) is 33.9 Å². The van der Waals surface area contributed by atoms with E-state index in [2.05, 4.69) is 4.98 Å². The number of aryl methyl sites for hydroxylation is 1. The Morgan fingerprint density at radius 3 is 2.53 bits per heavy atom. The number of aromatic nitrogens is 1. The number of hydrogen-bond acceptors (Lipinski definition) is 2. The van der Waals surface area contributed by atoms with Crippen LogP contribution in [0.4, 0.5) is 0 Å². The summed E-state index contributed by atoms with van der Waals surface area (Å²) in [6, 6.07) is 5.16. The Labute approximate surface area is 113 Å². The molecule has 0 saturated heterocycles. The number of pyridine rings is 1. The van der Waals surface area contributed by atoms with E-state index in [-0.39, 0.29) is 33.8 Å². The minimum absolute atomic E-state index is 0. The molecule has 5 heteroatoms. The quantitative estimate of drug-likeness (QED) is 0.733. The Hall–Kier alpha value is -0.224. The minimum atomic E-state index is -0.0187. The lowest BCUT2D eigenvalue weighted by Crippen LogP contribution is -1.85. The van der Waals surface area contributed by atoms with Gasteiger partial charge in [-0.1, -0.05) is 23.2 Å². The SMILES string of the molecule is Cc1ccc2c(Cl)cc(Cl)c(O)c2n1.[MgH2]. The average Bonchev–Trinajstić information content (AvgIpc) is 2.14. The van der Waals surface area contributed by atoms with E-state index in [9.17, 15) is 5.11 Å². The fourth-order valence-corrected chi connectivity index (χ4v) is 1.82. The number of fused-ring (bicyclic) bond motifs is 1. The van der Waals surface area contributed by atoms with E-state index in [1.54, 1.807) is 0 Å². The highest BCUT2D eigenvalue weighted by Gasteiger charge is 2.09. The summed E-state index contributed by atoms with van der Waals surface area (Å²) in [5.41, 5.74) is 1.26. The molecular formula is C10H9Cl2MgNO. The van der Waals surface area contributed by atoms with Crippen LogP contribution >= 0.6 is 23.2 Å². The van der Waals surface area contributed by atoms with Crippen LogP contribution in [0, 0.1) is 6.92 Å². The highest BCUT2D eigenvalue weighted by atomic mass is 35.5. The summed E-state index contributed by atoms with van der Waals surface area (Å²) < 4.78 is 0. The lowest BCUT2D eigenvalue weighted by atomic mass is 10.2. The van der Waals surface area contributed by atoms with Crippen molar-refractivity contribution in [2.24, 2.45) is 0 Å². The number of phenols is 1. The van der Waals surface area contributed by atoms with Gasteiger partial charge in [0, 0.05) is 11.1 Å². The maximum absolute atomic E-state index is 9.65. The van der Waals surface area contributed by atoms with Gasteiger partial charge in [0.2, 0.25) is 0 Å². The van der Waals surface area contributed by atoms with Crippen LogP contribution in [-0.2, 0) is 0 Å². The number of rotatable bonds is 0. The van der Waals surface area contributed by atoms with E-state index in [4.69, 9.17) is 23.2 Å². The average molecular weight is 254 g/mol. The summed E-state index contributed by atoms with van der Waals surface area (Å²) in [4.78, 5) is 4.18. The first-order valence-corrected chi connectivity index (χ1v) is 4.79. The zero-order valence-corrected chi connectivity index (χ0v) is 8.89. The van der Waals surface area contributed by atoms with Crippen molar-refractivity contribution in [2.75, 3.05) is 0 Å². The molecule has 2 nitrogen and oxygen atoms in total. The maximum atomic E-state index is 9.65. The van der Waals surface area contributed by atoms with E-state index in [1.807, 2.05) is 19.1 Å². The van der Waals surface area contributed by atoms with Gasteiger partial charge < -0.3 is 5.11 Å². The van der Waals surface area contributed by atoms with E-state index in [1.165, 1.54) is 6.07 Å². The smallest absolute Gasteiger partial charge is 0.316 e. The monoisotopic (exact) mass is 253 g/mol. The van der Waals surface area contributed by atoms with Crippen molar-refractivity contribution in [3.8, 4) is 5.75 Å². The fourth-order valence-electron chi connectivity index (χ4n) is 1.30. The zero-order valence-electron chi connectivity index (χ0n) is 7.38. The molecule has 15 heavy (non-hydrogen) atoms. The standard InChI is InChI=1S/C10H7Cl2NO.Mg.2H/c1-5-2-3-6-7(11)4-8(12)10(14)9(6)13-5;;;/h2-4,14H,1H3;;;. The van der Waals surface area contributed by atoms with Crippen LogP contribution in [0.5, 0.6) is 5.75 Å². The third-order valence-electron chi connectivity index (χ3n) is 2.00. The third kappa shape index (κ3) is 2.31. The number of halogens is 2. The Balaban J connectivity index is 0.00000112. The Morgan fingerprint density at radius 2 is 1.87 bits per heavy atom. The predicted molar refractivity (Wildman–Crippen MR) is 66.7 cm³/mol. The van der Waals surface area contributed by atoms with Crippen LogP contribution in [0.15, 0.2) is 18.2 Å². The van der Waals surface area contributed by atoms with Gasteiger partial charge in [0.25, 0.3) is 0 Å². The summed E-state index contributed by atoms with van der Waals surface area (Å²) in [5.74, 6) is -0.0187. The second-order valence-electron chi connectivity index (χ2n) is 3.04. The normalized spacial score (nSPS) is 10.1. The summed E-state index contributed by atoms with van der Waals surface area (Å²) in [6.45, 7) is 1.84. The van der Waals surface area contributed by atoms with Crippen LogP contribution in [0.2, 0.25) is 10.0 Å². The van der Waals surface area contributed by atoms with Crippen LogP contribution < -0.4 is 0 Å². The van der Waals surface area contributed by atoms with Gasteiger partial charge in [-0.3, -0.25) is 0 Å². The Kier molecular flexibility index (Phi) is 4.06. The molecule has 0 bridgehead atoms. The first-order valence-electron chi connectivity index (χ1n) is 4.04. The van der Waals surface area contributed by atoms with Crippen LogP contribution in [0.1, 0.15) is 5.69 Å². The molecule has 1 heterocycles. The number of phenolic OH excluding ortho intramolecular Hbond substituents is 1. The second kappa shape index (κ2) is 4.74. The molecule has 0 aliphatic rings. The molecule has 0 saturated carbocycles. The van der Waals surface area contributed by atoms with Gasteiger partial charge in [-0.15, -0.1) is 0 Å². The molecule has 0 aliphatic carbocycles. The van der Waals surface area contributed by atoms with Gasteiger partial charge in [0.05, 0.1) is 10.0 Å². The Morgan fingerprint density at radius 1 is 1.20 bits per heavy atom. The van der Waals surface area contributed by atoms with E-state index < -0.39 is 0 Å². The molecular weight excluding hydrogens is 245 g/mol. The van der Waals surface area contributed by atoms with E-state index in [0.29, 0.717) is 15.9 Å². The number of aromatic hydroxyl groups is 1. The molecule has 1 aromatic heterocycles. The first-order chi connectivity index (χ1) is 6.59. The van der Waals surface area contributed by atoms with Crippen LogP contribution in [0.3, 0.4) is 0 Å². The molecule has 0 unspecified atom stereocenters. The van der Waals surface area contributed by atoms with Gasteiger partial charge in [-0.05, 0) is 25.1 Å². The molecule has 2 aromatic rings. The number of hydrogen-bond donors (Lipinski definition) is 1. The lowest BCUT2D eigenvalue weighted by molar-refractivity contribution is 0.480. The fraction of sp³-hybridized carbons (Fsp3) is 0.100. The molecule has 0 aliphatic heterocycles. The van der Waals surface area contributed by atoms with Crippen molar-refractivity contribution in [1.29, 1.82) is 0 Å². The molecule has 0 atom stereocenters. The molecule has 1 N–H and O–H groups in total. The number of nitrogens with zero attached hydrogens (tertiary/aromatic N) is 1. The first kappa shape index (κ1) is 12.8. The van der Waals surface area contributed by atoms with Crippen LogP contribution in [-0.4, -0.2) is 33.1 Å². The molecule has 1 aromatic carbocycles. The van der Waals surface area contributed by atoms with Gasteiger partial charge in [-0.2, -0.15) is 0 Å². The molecule has 0 fully saturated rings. The van der Waals surface area contributed by atoms with Crippen molar-refractivity contribution < 1.29 is 5.11 Å². The molecule has 0 amide bonds. The summed E-state index contributed by atoms with van der Waals surface area (Å²) in [7, 11) is 0. The van der Waals surface area contributed by atoms with Gasteiger partial charge in [0.15, 0.2) is 5.75 Å². The third-order valence-corrected chi connectivity index (χ3v) is 2.60. The van der Waals surface area contributed by atoms with Gasteiger partial charge in [0.1, 0.15) is 5.52 Å². The van der Waals surface area contributed by atoms with E-state index >= 15 is 0 Å². The highest BCUT2D eigenvalue weighted by molar-refractivity contribution is 6.39. The van der Waals surface area contributed by atoms with Gasteiger partial charge in [-0.25, -0.2) is 4.98 Å². The largest absolute Gasteiger partial charge is 0.504 e. The van der Waals surface area contributed by atoms with Crippen molar-refractivity contribution in [3.63, 3.8) is 0 Å². The molecule has 0 radical (unpaired) electrons. The zero-order chi connectivity index (χ0) is 10.3. The predicted octanol–water partition coefficient (Wildman–Crippen LogP) is 2.64. The van der Waals surface area contributed by atoms with Crippen molar-refractivity contribution >= 4 is 57.2 Å². The van der Waals surface area contributed by atoms with Crippen LogP contribution in [0.25, 0.3) is 10.9 Å². The lowest BCUT2D eigenvalue weighted by Gasteiger charge is -2.05. The van der Waals surface area contributed by atoms with Crippen molar-refractivity contribution in [1.82, 2.24) is 4.98 Å². The topological polar surface area (TPSA) is 33.1 Å². The second-order valence-corrected chi connectivity index (χ2v) is 3.85. The molecule has 0 spiro atoms. The molecule has 2 rings (SSSR count). The number of benzene rings is 1. The minimum Gasteiger partial charge on any atom is -0.504 e. The van der Waals surface area contributed by atoms with Gasteiger partial charge >= 0.3 is 23.1 Å². The summed E-state index contributed by atoms with van der Waals surface area (Å²) in [5, 5.41) is 11.1. The maximum Gasteiger partial charge on any atom is 0.316 e. The van der Waals surface area contributed by atoms with E-state index in [0.717, 1.165) is 5.69 Å². The highest BCUT2D eigenvalue weighted by Crippen LogP contribution is 2.35. The summed E-state index contributed by atoms with van der Waals surface area (Å²) >= 11 is 11.7. The summed E-state index contributed by atoms with van der Waals surface area (Å²) in [6.07, 6.45) is 0.